The lowest BCUT2D eigenvalue weighted by atomic mass is 10.1. The molecule has 1 fully saturated rings. The summed E-state index contributed by atoms with van der Waals surface area (Å²) in [6, 6.07) is 4.77. The van der Waals surface area contributed by atoms with Crippen LogP contribution in [0.3, 0.4) is 0 Å². The topological polar surface area (TPSA) is 38.0 Å². The lowest BCUT2D eigenvalue weighted by Crippen LogP contribution is -2.13. The maximum atomic E-state index is 13.4. The van der Waals surface area contributed by atoms with Crippen molar-refractivity contribution in [3.8, 4) is 0 Å². The van der Waals surface area contributed by atoms with Crippen LogP contribution in [0.1, 0.15) is 19.8 Å². The van der Waals surface area contributed by atoms with Crippen molar-refractivity contribution in [2.24, 2.45) is 11.8 Å². The Morgan fingerprint density at radius 1 is 1.53 bits per heavy atom. The summed E-state index contributed by atoms with van der Waals surface area (Å²) in [5, 5.41) is 3.13. The summed E-state index contributed by atoms with van der Waals surface area (Å²) >= 11 is 0. The normalized spacial score (nSPS) is 17.5. The molecule has 1 aliphatic rings. The molecule has 0 saturated heterocycles. The van der Waals surface area contributed by atoms with Gasteiger partial charge in [-0.3, -0.25) is 0 Å². The van der Waals surface area contributed by atoms with E-state index in [1.165, 1.54) is 18.9 Å². The van der Waals surface area contributed by atoms with Gasteiger partial charge in [0.05, 0.1) is 5.69 Å². The van der Waals surface area contributed by atoms with E-state index in [0.29, 0.717) is 17.3 Å². The summed E-state index contributed by atoms with van der Waals surface area (Å²) < 4.78 is 13.4. The molecule has 0 radical (unpaired) electrons. The van der Waals surface area contributed by atoms with Gasteiger partial charge < -0.3 is 11.1 Å². The van der Waals surface area contributed by atoms with E-state index in [2.05, 4.69) is 12.2 Å². The van der Waals surface area contributed by atoms with Gasteiger partial charge in [-0.25, -0.2) is 4.39 Å². The molecule has 82 valence electrons. The monoisotopic (exact) mass is 208 g/mol. The highest BCUT2D eigenvalue weighted by molar-refractivity contribution is 5.52. The maximum Gasteiger partial charge on any atom is 0.148 e. The summed E-state index contributed by atoms with van der Waals surface area (Å²) in [4.78, 5) is 0. The first-order valence-electron chi connectivity index (χ1n) is 5.45. The molecule has 2 rings (SSSR count). The van der Waals surface area contributed by atoms with E-state index >= 15 is 0 Å². The van der Waals surface area contributed by atoms with Crippen LogP contribution < -0.4 is 11.1 Å². The molecule has 3 heteroatoms. The van der Waals surface area contributed by atoms with Crippen LogP contribution in [0.25, 0.3) is 0 Å². The molecule has 2 nitrogen and oxygen atoms in total. The number of hydrogen-bond donors (Lipinski definition) is 2. The van der Waals surface area contributed by atoms with E-state index in [9.17, 15) is 4.39 Å². The molecule has 0 aliphatic heterocycles. The Kier molecular flexibility index (Phi) is 2.80. The molecule has 0 bridgehead atoms. The molecule has 0 amide bonds. The Morgan fingerprint density at radius 2 is 2.27 bits per heavy atom. The second-order valence-corrected chi connectivity index (χ2v) is 4.43. The molecule has 0 aromatic heterocycles. The Labute approximate surface area is 89.7 Å². The fraction of sp³-hybridized carbons (Fsp3) is 0.500. The van der Waals surface area contributed by atoms with Crippen LogP contribution >= 0.6 is 0 Å². The van der Waals surface area contributed by atoms with Gasteiger partial charge in [0.25, 0.3) is 0 Å². The number of halogens is 1. The Bertz CT molecular complexity index is 347. The van der Waals surface area contributed by atoms with Gasteiger partial charge in [0.15, 0.2) is 0 Å². The minimum Gasteiger partial charge on any atom is -0.399 e. The number of benzene rings is 1. The third kappa shape index (κ3) is 2.61. The van der Waals surface area contributed by atoms with E-state index in [1.807, 2.05) is 0 Å². The Balaban J connectivity index is 1.92. The number of hydrogen-bond acceptors (Lipinski definition) is 2. The molecule has 1 atom stereocenters. The van der Waals surface area contributed by atoms with Gasteiger partial charge >= 0.3 is 0 Å². The van der Waals surface area contributed by atoms with Crippen LogP contribution in [0.4, 0.5) is 15.8 Å². The van der Waals surface area contributed by atoms with Crippen molar-refractivity contribution in [1.29, 1.82) is 0 Å². The zero-order valence-electron chi connectivity index (χ0n) is 8.96. The molecular weight excluding hydrogens is 191 g/mol. The van der Waals surface area contributed by atoms with Crippen LogP contribution in [0.2, 0.25) is 0 Å². The molecule has 1 aromatic rings. The standard InChI is InChI=1S/C12H17FN2/c1-8(9-2-3-9)7-15-12-5-4-10(14)6-11(12)13/h4-6,8-9,15H,2-3,7,14H2,1H3. The van der Waals surface area contributed by atoms with Crippen LogP contribution in [-0.4, -0.2) is 6.54 Å². The Morgan fingerprint density at radius 3 is 2.87 bits per heavy atom. The van der Waals surface area contributed by atoms with E-state index in [0.717, 1.165) is 12.5 Å². The lowest BCUT2D eigenvalue weighted by molar-refractivity contribution is 0.534. The average molecular weight is 208 g/mol. The minimum atomic E-state index is -0.266. The summed E-state index contributed by atoms with van der Waals surface area (Å²) in [5.74, 6) is 1.20. The molecule has 1 unspecified atom stereocenters. The van der Waals surface area contributed by atoms with Crippen molar-refractivity contribution in [2.45, 2.75) is 19.8 Å². The number of anilines is 2. The van der Waals surface area contributed by atoms with Crippen molar-refractivity contribution < 1.29 is 4.39 Å². The van der Waals surface area contributed by atoms with Crippen molar-refractivity contribution in [3.63, 3.8) is 0 Å². The molecule has 3 N–H and O–H groups in total. The molecule has 1 aliphatic carbocycles. The van der Waals surface area contributed by atoms with Gasteiger partial charge in [-0.05, 0) is 42.9 Å². The zero-order valence-corrected chi connectivity index (χ0v) is 8.96. The van der Waals surface area contributed by atoms with Crippen molar-refractivity contribution in [3.05, 3.63) is 24.0 Å². The van der Waals surface area contributed by atoms with Crippen LogP contribution in [0.15, 0.2) is 18.2 Å². The smallest absolute Gasteiger partial charge is 0.148 e. The van der Waals surface area contributed by atoms with Crippen molar-refractivity contribution in [2.75, 3.05) is 17.6 Å². The average Bonchev–Trinajstić information content (AvgIpc) is 2.99. The second kappa shape index (κ2) is 4.09. The molecule has 0 heterocycles. The van der Waals surface area contributed by atoms with Crippen molar-refractivity contribution >= 4 is 11.4 Å². The first kappa shape index (κ1) is 10.3. The summed E-state index contributed by atoms with van der Waals surface area (Å²) in [6.07, 6.45) is 2.65. The largest absolute Gasteiger partial charge is 0.399 e. The summed E-state index contributed by atoms with van der Waals surface area (Å²) in [5.41, 5.74) is 6.49. The number of rotatable bonds is 4. The fourth-order valence-corrected chi connectivity index (χ4v) is 1.78. The highest BCUT2D eigenvalue weighted by atomic mass is 19.1. The van der Waals surface area contributed by atoms with Crippen molar-refractivity contribution in [1.82, 2.24) is 0 Å². The second-order valence-electron chi connectivity index (χ2n) is 4.43. The minimum absolute atomic E-state index is 0.266. The number of nitrogen functional groups attached to an aromatic ring is 1. The zero-order chi connectivity index (χ0) is 10.8. The van der Waals surface area contributed by atoms with Gasteiger partial charge in [-0.15, -0.1) is 0 Å². The molecule has 0 spiro atoms. The molecule has 1 aromatic carbocycles. The van der Waals surface area contributed by atoms with Crippen LogP contribution in [0.5, 0.6) is 0 Å². The highest BCUT2D eigenvalue weighted by Crippen LogP contribution is 2.36. The quantitative estimate of drug-likeness (QED) is 0.747. The van der Waals surface area contributed by atoms with Crippen LogP contribution in [-0.2, 0) is 0 Å². The highest BCUT2D eigenvalue weighted by Gasteiger charge is 2.27. The van der Waals surface area contributed by atoms with Crippen LogP contribution in [0, 0.1) is 17.7 Å². The van der Waals surface area contributed by atoms with Gasteiger partial charge in [0.2, 0.25) is 0 Å². The van der Waals surface area contributed by atoms with Gasteiger partial charge in [0.1, 0.15) is 5.82 Å². The third-order valence-corrected chi connectivity index (χ3v) is 3.03. The van der Waals surface area contributed by atoms with E-state index in [1.54, 1.807) is 12.1 Å². The molecular formula is C12H17FN2. The Hall–Kier alpha value is -1.25. The molecule has 15 heavy (non-hydrogen) atoms. The predicted octanol–water partition coefficient (Wildman–Crippen LogP) is 2.87. The van der Waals surface area contributed by atoms with Gasteiger partial charge in [-0.2, -0.15) is 0 Å². The van der Waals surface area contributed by atoms with E-state index in [4.69, 9.17) is 5.73 Å². The lowest BCUT2D eigenvalue weighted by Gasteiger charge is -2.13. The number of nitrogens with one attached hydrogen (secondary N) is 1. The third-order valence-electron chi connectivity index (χ3n) is 3.03. The predicted molar refractivity (Wildman–Crippen MR) is 61.2 cm³/mol. The maximum absolute atomic E-state index is 13.4. The molecule has 1 saturated carbocycles. The van der Waals surface area contributed by atoms with E-state index in [-0.39, 0.29) is 5.82 Å². The first-order chi connectivity index (χ1) is 7.16. The summed E-state index contributed by atoms with van der Waals surface area (Å²) in [7, 11) is 0. The van der Waals surface area contributed by atoms with E-state index < -0.39 is 0 Å². The van der Waals surface area contributed by atoms with Gasteiger partial charge in [-0.1, -0.05) is 6.92 Å². The van der Waals surface area contributed by atoms with Gasteiger partial charge in [0, 0.05) is 12.2 Å². The fourth-order valence-electron chi connectivity index (χ4n) is 1.78. The number of nitrogens with two attached hydrogens (primary N) is 1. The first-order valence-corrected chi connectivity index (χ1v) is 5.45. The SMILES string of the molecule is CC(CNc1ccc(N)cc1F)C1CC1. The summed E-state index contributed by atoms with van der Waals surface area (Å²) in [6.45, 7) is 3.05.